The van der Waals surface area contributed by atoms with E-state index in [1.165, 1.54) is 5.56 Å². The van der Waals surface area contributed by atoms with Crippen LogP contribution in [0.15, 0.2) is 30.3 Å². The number of nitrogens with two attached hydrogens (primary N) is 1. The van der Waals surface area contributed by atoms with E-state index in [4.69, 9.17) is 5.73 Å². The SMILES string of the molecule is Nc1nnnn1CCCc1ccccc1. The molecule has 2 rings (SSSR count). The highest BCUT2D eigenvalue weighted by Gasteiger charge is 2.00. The first-order chi connectivity index (χ1) is 7.36. The topological polar surface area (TPSA) is 69.6 Å². The number of tetrazole rings is 1. The van der Waals surface area contributed by atoms with Gasteiger partial charge in [0.1, 0.15) is 0 Å². The number of aromatic nitrogens is 4. The van der Waals surface area contributed by atoms with Crippen LogP contribution in [0.4, 0.5) is 5.95 Å². The molecule has 5 nitrogen and oxygen atoms in total. The normalized spacial score (nSPS) is 10.4. The second kappa shape index (κ2) is 4.54. The third kappa shape index (κ3) is 2.52. The van der Waals surface area contributed by atoms with E-state index in [2.05, 4.69) is 27.7 Å². The molecule has 0 unspecified atom stereocenters. The van der Waals surface area contributed by atoms with Crippen LogP contribution in [0.2, 0.25) is 0 Å². The van der Waals surface area contributed by atoms with E-state index in [1.807, 2.05) is 18.2 Å². The summed E-state index contributed by atoms with van der Waals surface area (Å²) in [6, 6.07) is 10.3. The summed E-state index contributed by atoms with van der Waals surface area (Å²) in [5.41, 5.74) is 6.87. The minimum absolute atomic E-state index is 0.378. The Morgan fingerprint density at radius 1 is 1.20 bits per heavy atom. The van der Waals surface area contributed by atoms with Crippen LogP contribution >= 0.6 is 0 Å². The van der Waals surface area contributed by atoms with Gasteiger partial charge in [0.05, 0.1) is 0 Å². The Bertz CT molecular complexity index is 409. The number of rotatable bonds is 4. The maximum Gasteiger partial charge on any atom is 0.240 e. The van der Waals surface area contributed by atoms with Crippen molar-refractivity contribution in [2.24, 2.45) is 0 Å². The highest BCUT2D eigenvalue weighted by atomic mass is 15.6. The average molecular weight is 203 g/mol. The molecule has 0 spiro atoms. The van der Waals surface area contributed by atoms with Crippen molar-refractivity contribution in [3.63, 3.8) is 0 Å². The molecule has 15 heavy (non-hydrogen) atoms. The molecule has 0 amide bonds. The number of aryl methyl sites for hydroxylation is 2. The molecular weight excluding hydrogens is 190 g/mol. The van der Waals surface area contributed by atoms with Crippen LogP contribution in [0, 0.1) is 0 Å². The van der Waals surface area contributed by atoms with Crippen LogP contribution in [0.3, 0.4) is 0 Å². The lowest BCUT2D eigenvalue weighted by Gasteiger charge is -2.01. The van der Waals surface area contributed by atoms with Gasteiger partial charge in [-0.15, -0.1) is 0 Å². The van der Waals surface area contributed by atoms with Crippen LogP contribution < -0.4 is 5.73 Å². The summed E-state index contributed by atoms with van der Waals surface area (Å²) < 4.78 is 1.61. The second-order valence-electron chi connectivity index (χ2n) is 3.35. The molecule has 1 aromatic heterocycles. The summed E-state index contributed by atoms with van der Waals surface area (Å²) in [6.45, 7) is 0.758. The Morgan fingerprint density at radius 3 is 2.67 bits per heavy atom. The van der Waals surface area contributed by atoms with Crippen LogP contribution in [0.25, 0.3) is 0 Å². The maximum atomic E-state index is 5.55. The fourth-order valence-corrected chi connectivity index (χ4v) is 1.45. The Morgan fingerprint density at radius 2 is 2.00 bits per heavy atom. The molecule has 0 saturated carbocycles. The summed E-state index contributed by atoms with van der Waals surface area (Å²) in [6.07, 6.45) is 2.00. The van der Waals surface area contributed by atoms with Gasteiger partial charge in [-0.2, -0.15) is 0 Å². The molecule has 0 aliphatic rings. The molecule has 2 aromatic rings. The van der Waals surface area contributed by atoms with Gasteiger partial charge in [0.15, 0.2) is 0 Å². The van der Waals surface area contributed by atoms with Gasteiger partial charge in [-0.25, -0.2) is 4.68 Å². The maximum absolute atomic E-state index is 5.55. The first-order valence-corrected chi connectivity index (χ1v) is 4.92. The predicted molar refractivity (Wildman–Crippen MR) is 57.0 cm³/mol. The first-order valence-electron chi connectivity index (χ1n) is 4.92. The smallest absolute Gasteiger partial charge is 0.240 e. The molecule has 0 radical (unpaired) electrons. The van der Waals surface area contributed by atoms with E-state index in [0.29, 0.717) is 5.95 Å². The zero-order valence-corrected chi connectivity index (χ0v) is 8.37. The number of hydrogen-bond acceptors (Lipinski definition) is 4. The number of nitrogen functional groups attached to an aromatic ring is 1. The third-order valence-electron chi connectivity index (χ3n) is 2.24. The fourth-order valence-electron chi connectivity index (χ4n) is 1.45. The Labute approximate surface area is 87.9 Å². The van der Waals surface area contributed by atoms with Gasteiger partial charge in [0, 0.05) is 6.54 Å². The number of benzene rings is 1. The van der Waals surface area contributed by atoms with Crippen molar-refractivity contribution >= 4 is 5.95 Å². The summed E-state index contributed by atoms with van der Waals surface area (Å²) in [7, 11) is 0. The van der Waals surface area contributed by atoms with E-state index in [9.17, 15) is 0 Å². The van der Waals surface area contributed by atoms with Crippen molar-refractivity contribution in [2.45, 2.75) is 19.4 Å². The van der Waals surface area contributed by atoms with Crippen LogP contribution in [-0.4, -0.2) is 20.2 Å². The van der Waals surface area contributed by atoms with E-state index >= 15 is 0 Å². The van der Waals surface area contributed by atoms with Crippen molar-refractivity contribution in [3.8, 4) is 0 Å². The van der Waals surface area contributed by atoms with Crippen molar-refractivity contribution in [1.29, 1.82) is 0 Å². The standard InChI is InChI=1S/C10H13N5/c11-10-12-13-14-15(10)8-4-7-9-5-2-1-3-6-9/h1-3,5-6H,4,7-8H2,(H2,11,12,14). The van der Waals surface area contributed by atoms with Crippen molar-refractivity contribution in [3.05, 3.63) is 35.9 Å². The van der Waals surface area contributed by atoms with Crippen molar-refractivity contribution in [1.82, 2.24) is 20.2 Å². The Hall–Kier alpha value is -1.91. The largest absolute Gasteiger partial charge is 0.367 e. The lowest BCUT2D eigenvalue weighted by atomic mass is 10.1. The molecule has 78 valence electrons. The average Bonchev–Trinajstić information content (AvgIpc) is 2.66. The Balaban J connectivity index is 1.83. The highest BCUT2D eigenvalue weighted by molar-refractivity contribution is 5.14. The van der Waals surface area contributed by atoms with E-state index in [0.717, 1.165) is 19.4 Å². The van der Waals surface area contributed by atoms with Gasteiger partial charge < -0.3 is 5.73 Å². The third-order valence-corrected chi connectivity index (χ3v) is 2.24. The van der Waals surface area contributed by atoms with Crippen molar-refractivity contribution in [2.75, 3.05) is 5.73 Å². The lowest BCUT2D eigenvalue weighted by Crippen LogP contribution is -2.06. The van der Waals surface area contributed by atoms with Gasteiger partial charge in [-0.3, -0.25) is 0 Å². The molecular formula is C10H13N5. The van der Waals surface area contributed by atoms with Crippen molar-refractivity contribution < 1.29 is 0 Å². The molecule has 0 aliphatic carbocycles. The molecule has 0 atom stereocenters. The number of anilines is 1. The second-order valence-corrected chi connectivity index (χ2v) is 3.35. The van der Waals surface area contributed by atoms with Gasteiger partial charge in [0.2, 0.25) is 5.95 Å². The van der Waals surface area contributed by atoms with Gasteiger partial charge in [-0.05, 0) is 28.8 Å². The molecule has 0 saturated heterocycles. The molecule has 1 aromatic carbocycles. The summed E-state index contributed by atoms with van der Waals surface area (Å²) >= 11 is 0. The molecule has 0 bridgehead atoms. The zero-order valence-electron chi connectivity index (χ0n) is 8.37. The minimum Gasteiger partial charge on any atom is -0.367 e. The highest BCUT2D eigenvalue weighted by Crippen LogP contribution is 2.04. The predicted octanol–water partition coefficient (Wildman–Crippen LogP) is 0.888. The fraction of sp³-hybridized carbons (Fsp3) is 0.300. The number of nitrogens with zero attached hydrogens (tertiary/aromatic N) is 4. The van der Waals surface area contributed by atoms with E-state index < -0.39 is 0 Å². The number of hydrogen-bond donors (Lipinski definition) is 1. The molecule has 0 fully saturated rings. The summed E-state index contributed by atoms with van der Waals surface area (Å²) in [5.74, 6) is 0.378. The van der Waals surface area contributed by atoms with Gasteiger partial charge in [-0.1, -0.05) is 35.4 Å². The zero-order chi connectivity index (χ0) is 10.5. The minimum atomic E-state index is 0.378. The van der Waals surface area contributed by atoms with Crippen LogP contribution in [-0.2, 0) is 13.0 Å². The van der Waals surface area contributed by atoms with Gasteiger partial charge >= 0.3 is 0 Å². The monoisotopic (exact) mass is 203 g/mol. The summed E-state index contributed by atoms with van der Waals surface area (Å²) in [4.78, 5) is 0. The molecule has 1 heterocycles. The molecule has 2 N–H and O–H groups in total. The van der Waals surface area contributed by atoms with E-state index in [-0.39, 0.29) is 0 Å². The summed E-state index contributed by atoms with van der Waals surface area (Å²) in [5, 5.41) is 10.9. The quantitative estimate of drug-likeness (QED) is 0.801. The molecule has 5 heteroatoms. The molecule has 0 aliphatic heterocycles. The van der Waals surface area contributed by atoms with Gasteiger partial charge in [0.25, 0.3) is 0 Å². The lowest BCUT2D eigenvalue weighted by molar-refractivity contribution is 0.565. The Kier molecular flexibility index (Phi) is 2.92. The van der Waals surface area contributed by atoms with Crippen LogP contribution in [0.5, 0.6) is 0 Å². The first kappa shape index (κ1) is 9.64. The van der Waals surface area contributed by atoms with E-state index in [1.54, 1.807) is 4.68 Å². The van der Waals surface area contributed by atoms with Crippen LogP contribution in [0.1, 0.15) is 12.0 Å².